The summed E-state index contributed by atoms with van der Waals surface area (Å²) in [5.74, 6) is 0.0875. The lowest BCUT2D eigenvalue weighted by molar-refractivity contribution is -0.163. The van der Waals surface area contributed by atoms with Gasteiger partial charge in [0.15, 0.2) is 5.78 Å². The number of rotatable bonds is 3. The molecule has 0 aromatic carbocycles. The van der Waals surface area contributed by atoms with Gasteiger partial charge in [-0.2, -0.15) is 0 Å². The topological polar surface area (TPSA) is 50.4 Å². The number of aryl methyl sites for hydroxylation is 1. The minimum atomic E-state index is -0.930. The lowest BCUT2D eigenvalue weighted by Gasteiger charge is -2.59. The summed E-state index contributed by atoms with van der Waals surface area (Å²) in [6, 6.07) is 1.95. The zero-order chi connectivity index (χ0) is 16.9. The van der Waals surface area contributed by atoms with Gasteiger partial charge in [0.25, 0.3) is 0 Å². The molecule has 0 spiro atoms. The van der Waals surface area contributed by atoms with Crippen LogP contribution < -0.4 is 0 Å². The Labute approximate surface area is 138 Å². The Morgan fingerprint density at radius 2 is 2.04 bits per heavy atom. The first kappa shape index (κ1) is 16.5. The lowest BCUT2D eigenvalue weighted by atomic mass is 9.46. The standard InChI is InChI=1S/C20H28O3/c1-14-12-16(21)17-18(2,3)8-5-9-19(17,4)20(14,22)10-6-15-7-11-23-13-15/h7,11-13,17,22H,5-6,8-10H2,1-4H3/t17?,19-,20-/m1/s1. The van der Waals surface area contributed by atoms with E-state index in [-0.39, 0.29) is 17.1 Å². The molecule has 1 N–H and O–H groups in total. The highest BCUT2D eigenvalue weighted by molar-refractivity contribution is 5.95. The van der Waals surface area contributed by atoms with Crippen LogP contribution >= 0.6 is 0 Å². The average molecular weight is 316 g/mol. The largest absolute Gasteiger partial charge is 0.472 e. The smallest absolute Gasteiger partial charge is 0.160 e. The summed E-state index contributed by atoms with van der Waals surface area (Å²) >= 11 is 0. The molecular formula is C20H28O3. The Bertz CT molecular complexity index is 625. The normalized spacial score (nSPS) is 36.5. The van der Waals surface area contributed by atoms with Crippen molar-refractivity contribution in [2.75, 3.05) is 0 Å². The Morgan fingerprint density at radius 3 is 2.70 bits per heavy atom. The highest BCUT2D eigenvalue weighted by atomic mass is 16.3. The number of furan rings is 1. The molecule has 3 nitrogen and oxygen atoms in total. The maximum Gasteiger partial charge on any atom is 0.160 e. The molecule has 1 saturated carbocycles. The fourth-order valence-electron chi connectivity index (χ4n) is 5.32. The number of hydrogen-bond acceptors (Lipinski definition) is 3. The molecule has 1 aromatic heterocycles. The number of allylic oxidation sites excluding steroid dienone is 1. The predicted octanol–water partition coefficient (Wildman–Crippen LogP) is 4.30. The van der Waals surface area contributed by atoms with Crippen molar-refractivity contribution in [1.29, 1.82) is 0 Å². The third-order valence-electron chi connectivity index (χ3n) is 6.53. The minimum Gasteiger partial charge on any atom is -0.472 e. The van der Waals surface area contributed by atoms with Gasteiger partial charge in [0, 0.05) is 11.3 Å². The molecule has 2 aliphatic rings. The average Bonchev–Trinajstić information content (AvgIpc) is 2.95. The summed E-state index contributed by atoms with van der Waals surface area (Å²) in [4.78, 5) is 12.8. The van der Waals surface area contributed by atoms with E-state index in [0.717, 1.165) is 36.8 Å². The molecule has 23 heavy (non-hydrogen) atoms. The van der Waals surface area contributed by atoms with Crippen LogP contribution in [-0.4, -0.2) is 16.5 Å². The quantitative estimate of drug-likeness (QED) is 0.904. The van der Waals surface area contributed by atoms with Gasteiger partial charge in [0.05, 0.1) is 18.1 Å². The fourth-order valence-corrected chi connectivity index (χ4v) is 5.32. The molecule has 0 aliphatic heterocycles. The van der Waals surface area contributed by atoms with Crippen LogP contribution in [0.1, 0.15) is 58.9 Å². The van der Waals surface area contributed by atoms with E-state index < -0.39 is 11.0 Å². The zero-order valence-corrected chi connectivity index (χ0v) is 14.7. The monoisotopic (exact) mass is 316 g/mol. The minimum absolute atomic E-state index is 0.0646. The van der Waals surface area contributed by atoms with E-state index in [1.807, 2.05) is 13.0 Å². The van der Waals surface area contributed by atoms with Gasteiger partial charge in [0.2, 0.25) is 0 Å². The Kier molecular flexibility index (Phi) is 3.83. The van der Waals surface area contributed by atoms with E-state index in [4.69, 9.17) is 4.42 Å². The second-order valence-electron chi connectivity index (χ2n) is 8.41. The summed E-state index contributed by atoms with van der Waals surface area (Å²) in [6.07, 6.45) is 9.51. The molecule has 0 bridgehead atoms. The number of hydrogen-bond donors (Lipinski definition) is 1. The van der Waals surface area contributed by atoms with Crippen molar-refractivity contribution in [3.8, 4) is 0 Å². The number of carbonyl (C=O) groups is 1. The second kappa shape index (κ2) is 5.34. The van der Waals surface area contributed by atoms with Gasteiger partial charge in [-0.25, -0.2) is 0 Å². The van der Waals surface area contributed by atoms with E-state index in [9.17, 15) is 9.90 Å². The van der Waals surface area contributed by atoms with Gasteiger partial charge in [-0.15, -0.1) is 0 Å². The van der Waals surface area contributed by atoms with Crippen molar-refractivity contribution < 1.29 is 14.3 Å². The molecule has 2 aliphatic carbocycles. The molecule has 3 atom stereocenters. The van der Waals surface area contributed by atoms with Crippen molar-refractivity contribution in [2.45, 2.75) is 65.4 Å². The Hall–Kier alpha value is -1.35. The third kappa shape index (κ3) is 2.40. The first-order chi connectivity index (χ1) is 10.7. The first-order valence-electron chi connectivity index (χ1n) is 8.67. The number of fused-ring (bicyclic) bond motifs is 1. The molecule has 0 radical (unpaired) electrons. The summed E-state index contributed by atoms with van der Waals surface area (Å²) < 4.78 is 5.15. The van der Waals surface area contributed by atoms with Crippen molar-refractivity contribution in [3.05, 3.63) is 35.8 Å². The highest BCUT2D eigenvalue weighted by Crippen LogP contribution is 2.61. The van der Waals surface area contributed by atoms with Crippen LogP contribution in [0.5, 0.6) is 0 Å². The molecule has 0 amide bonds. The molecule has 126 valence electrons. The third-order valence-corrected chi connectivity index (χ3v) is 6.53. The van der Waals surface area contributed by atoms with E-state index in [2.05, 4.69) is 20.8 Å². The van der Waals surface area contributed by atoms with Gasteiger partial charge in [-0.3, -0.25) is 4.79 Å². The Balaban J connectivity index is 2.00. The van der Waals surface area contributed by atoms with E-state index in [1.165, 1.54) is 0 Å². The van der Waals surface area contributed by atoms with E-state index >= 15 is 0 Å². The van der Waals surface area contributed by atoms with Gasteiger partial charge in [-0.1, -0.05) is 27.2 Å². The summed E-state index contributed by atoms with van der Waals surface area (Å²) in [5.41, 5.74) is 0.528. The molecule has 1 fully saturated rings. The SMILES string of the molecule is CC1=CC(=O)C2C(C)(C)CCC[C@@]2(C)[C@@]1(O)CCc1ccoc1. The molecule has 1 unspecified atom stereocenters. The van der Waals surface area contributed by atoms with Gasteiger partial charge < -0.3 is 9.52 Å². The Morgan fingerprint density at radius 1 is 1.30 bits per heavy atom. The number of aliphatic hydroxyl groups is 1. The van der Waals surface area contributed by atoms with Crippen LogP contribution in [0.3, 0.4) is 0 Å². The molecule has 1 aromatic rings. The van der Waals surface area contributed by atoms with Crippen LogP contribution in [-0.2, 0) is 11.2 Å². The maximum absolute atomic E-state index is 12.8. The highest BCUT2D eigenvalue weighted by Gasteiger charge is 2.61. The zero-order valence-electron chi connectivity index (χ0n) is 14.7. The van der Waals surface area contributed by atoms with Crippen molar-refractivity contribution in [3.63, 3.8) is 0 Å². The maximum atomic E-state index is 12.8. The van der Waals surface area contributed by atoms with Crippen molar-refractivity contribution in [2.24, 2.45) is 16.7 Å². The number of ketones is 1. The van der Waals surface area contributed by atoms with Crippen LogP contribution in [0, 0.1) is 16.7 Å². The van der Waals surface area contributed by atoms with Crippen LogP contribution in [0.25, 0.3) is 0 Å². The number of carbonyl (C=O) groups excluding carboxylic acids is 1. The molecule has 0 saturated heterocycles. The van der Waals surface area contributed by atoms with E-state index in [0.29, 0.717) is 6.42 Å². The first-order valence-corrected chi connectivity index (χ1v) is 8.67. The molecule has 3 heteroatoms. The second-order valence-corrected chi connectivity index (χ2v) is 8.41. The van der Waals surface area contributed by atoms with Crippen molar-refractivity contribution in [1.82, 2.24) is 0 Å². The van der Waals surface area contributed by atoms with E-state index in [1.54, 1.807) is 18.6 Å². The van der Waals surface area contributed by atoms with Crippen LogP contribution in [0.4, 0.5) is 0 Å². The molecule has 1 heterocycles. The van der Waals surface area contributed by atoms with Crippen LogP contribution in [0.2, 0.25) is 0 Å². The predicted molar refractivity (Wildman–Crippen MR) is 90.0 cm³/mol. The summed E-state index contributed by atoms with van der Waals surface area (Å²) in [6.45, 7) is 8.40. The molecule has 3 rings (SSSR count). The van der Waals surface area contributed by atoms with Crippen molar-refractivity contribution >= 4 is 5.78 Å². The van der Waals surface area contributed by atoms with Gasteiger partial charge in [0.1, 0.15) is 0 Å². The van der Waals surface area contributed by atoms with Gasteiger partial charge in [-0.05, 0) is 61.3 Å². The molecular weight excluding hydrogens is 288 g/mol. The van der Waals surface area contributed by atoms with Crippen LogP contribution in [0.15, 0.2) is 34.7 Å². The summed E-state index contributed by atoms with van der Waals surface area (Å²) in [7, 11) is 0. The summed E-state index contributed by atoms with van der Waals surface area (Å²) in [5, 5.41) is 11.7. The fraction of sp³-hybridized carbons (Fsp3) is 0.650. The van der Waals surface area contributed by atoms with Gasteiger partial charge >= 0.3 is 0 Å². The lowest BCUT2D eigenvalue weighted by Crippen LogP contribution is -2.61.